The number of carbonyl (C=O) groups excluding carboxylic acids is 1. The molecule has 0 spiro atoms. The fourth-order valence-electron chi connectivity index (χ4n) is 1.66. The monoisotopic (exact) mass is 364 g/mol. The van der Waals surface area contributed by atoms with Gasteiger partial charge in [-0.25, -0.2) is 4.98 Å². The molecule has 0 unspecified atom stereocenters. The highest BCUT2D eigenvalue weighted by atomic mass is 79.9. The third kappa shape index (κ3) is 2.98. The summed E-state index contributed by atoms with van der Waals surface area (Å²) in [6.07, 6.45) is 0. The van der Waals surface area contributed by atoms with Gasteiger partial charge in [0.2, 0.25) is 0 Å². The molecule has 0 aliphatic heterocycles. The van der Waals surface area contributed by atoms with E-state index in [4.69, 9.17) is 0 Å². The minimum absolute atomic E-state index is 0.140. The Hall–Kier alpha value is -1.50. The van der Waals surface area contributed by atoms with Crippen LogP contribution in [0.2, 0.25) is 0 Å². The number of hydrogen-bond donors (Lipinski definition) is 1. The lowest BCUT2D eigenvalue weighted by Crippen LogP contribution is -2.11. The number of anilines is 1. The van der Waals surface area contributed by atoms with Crippen molar-refractivity contribution >= 4 is 49.6 Å². The molecule has 3 aromatic rings. The molecule has 100 valence electrons. The topological polar surface area (TPSA) is 42.0 Å². The van der Waals surface area contributed by atoms with Crippen LogP contribution in [-0.4, -0.2) is 10.9 Å². The maximum Gasteiger partial charge on any atom is 0.257 e. The SMILES string of the molecule is O=C(Nc1nc(-c2ccc(Br)s2)cs1)c1ccccc1. The van der Waals surface area contributed by atoms with Crippen LogP contribution in [0.1, 0.15) is 10.4 Å². The van der Waals surface area contributed by atoms with Gasteiger partial charge in [0.1, 0.15) is 0 Å². The zero-order valence-corrected chi connectivity index (χ0v) is 13.4. The summed E-state index contributed by atoms with van der Waals surface area (Å²) in [7, 11) is 0. The summed E-state index contributed by atoms with van der Waals surface area (Å²) < 4.78 is 1.07. The van der Waals surface area contributed by atoms with Gasteiger partial charge in [-0.2, -0.15) is 0 Å². The molecule has 1 aromatic carbocycles. The number of amides is 1. The van der Waals surface area contributed by atoms with Crippen molar-refractivity contribution in [2.24, 2.45) is 0 Å². The molecule has 0 radical (unpaired) electrons. The molecule has 6 heteroatoms. The Bertz CT molecular complexity index is 736. The lowest BCUT2D eigenvalue weighted by molar-refractivity contribution is 0.102. The van der Waals surface area contributed by atoms with Gasteiger partial charge in [0.15, 0.2) is 5.13 Å². The summed E-state index contributed by atoms with van der Waals surface area (Å²) in [5, 5.41) is 5.37. The summed E-state index contributed by atoms with van der Waals surface area (Å²) in [6, 6.07) is 13.1. The number of carbonyl (C=O) groups is 1. The highest BCUT2D eigenvalue weighted by Gasteiger charge is 2.10. The van der Waals surface area contributed by atoms with Crippen molar-refractivity contribution in [1.29, 1.82) is 0 Å². The molecule has 2 aromatic heterocycles. The van der Waals surface area contributed by atoms with E-state index in [0.717, 1.165) is 14.4 Å². The first-order valence-corrected chi connectivity index (χ1v) is 8.29. The molecule has 0 saturated heterocycles. The predicted molar refractivity (Wildman–Crippen MR) is 87.5 cm³/mol. The van der Waals surface area contributed by atoms with Crippen molar-refractivity contribution < 1.29 is 4.79 Å². The third-order valence-electron chi connectivity index (χ3n) is 2.59. The molecule has 20 heavy (non-hydrogen) atoms. The van der Waals surface area contributed by atoms with Crippen LogP contribution in [0.15, 0.2) is 51.6 Å². The van der Waals surface area contributed by atoms with Gasteiger partial charge < -0.3 is 0 Å². The largest absolute Gasteiger partial charge is 0.298 e. The van der Waals surface area contributed by atoms with Gasteiger partial charge in [-0.15, -0.1) is 22.7 Å². The average molecular weight is 365 g/mol. The molecular weight excluding hydrogens is 356 g/mol. The highest BCUT2D eigenvalue weighted by Crippen LogP contribution is 2.33. The van der Waals surface area contributed by atoms with Crippen LogP contribution >= 0.6 is 38.6 Å². The Morgan fingerprint density at radius 2 is 1.95 bits per heavy atom. The second-order valence-electron chi connectivity index (χ2n) is 3.96. The lowest BCUT2D eigenvalue weighted by atomic mass is 10.2. The first-order valence-electron chi connectivity index (χ1n) is 5.80. The van der Waals surface area contributed by atoms with Crippen molar-refractivity contribution in [3.63, 3.8) is 0 Å². The predicted octanol–water partition coefficient (Wildman–Crippen LogP) is 4.89. The standard InChI is InChI=1S/C14H9BrN2OS2/c15-12-7-6-11(20-12)10-8-19-14(16-10)17-13(18)9-4-2-1-3-5-9/h1-8H,(H,16,17,18). The van der Waals surface area contributed by atoms with Gasteiger partial charge in [0.25, 0.3) is 5.91 Å². The van der Waals surface area contributed by atoms with E-state index in [2.05, 4.69) is 26.2 Å². The highest BCUT2D eigenvalue weighted by molar-refractivity contribution is 9.11. The second kappa shape index (κ2) is 5.87. The van der Waals surface area contributed by atoms with Gasteiger partial charge in [-0.3, -0.25) is 10.1 Å². The lowest BCUT2D eigenvalue weighted by Gasteiger charge is -2.00. The molecule has 1 amide bonds. The number of nitrogens with one attached hydrogen (secondary N) is 1. The van der Waals surface area contributed by atoms with E-state index in [0.29, 0.717) is 10.7 Å². The summed E-state index contributed by atoms with van der Waals surface area (Å²) >= 11 is 6.47. The number of benzene rings is 1. The summed E-state index contributed by atoms with van der Waals surface area (Å²) in [5.41, 5.74) is 1.51. The molecule has 1 N–H and O–H groups in total. The fraction of sp³-hybridized carbons (Fsp3) is 0. The Morgan fingerprint density at radius 3 is 2.65 bits per heavy atom. The summed E-state index contributed by atoms with van der Waals surface area (Å²) in [4.78, 5) is 17.5. The fourth-order valence-corrected chi connectivity index (χ4v) is 3.78. The van der Waals surface area contributed by atoms with Crippen LogP contribution in [0.3, 0.4) is 0 Å². The van der Waals surface area contributed by atoms with Crippen LogP contribution < -0.4 is 5.32 Å². The van der Waals surface area contributed by atoms with Crippen molar-refractivity contribution in [3.05, 3.63) is 57.2 Å². The number of halogens is 1. The second-order valence-corrected chi connectivity index (χ2v) is 7.28. The van der Waals surface area contributed by atoms with Crippen molar-refractivity contribution in [1.82, 2.24) is 4.98 Å². The third-order valence-corrected chi connectivity index (χ3v) is 4.99. The Balaban J connectivity index is 1.76. The van der Waals surface area contributed by atoms with Crippen molar-refractivity contribution in [2.45, 2.75) is 0 Å². The van der Waals surface area contributed by atoms with Gasteiger partial charge in [0.05, 0.1) is 14.4 Å². The number of thiophene rings is 1. The molecular formula is C14H9BrN2OS2. The quantitative estimate of drug-likeness (QED) is 0.718. The molecule has 0 fully saturated rings. The maximum absolute atomic E-state index is 12.0. The first-order chi connectivity index (χ1) is 9.72. The van der Waals surface area contributed by atoms with E-state index in [1.54, 1.807) is 23.5 Å². The van der Waals surface area contributed by atoms with Gasteiger partial charge in [-0.05, 0) is 40.2 Å². The Labute approximate surface area is 132 Å². The van der Waals surface area contributed by atoms with Crippen LogP contribution in [0, 0.1) is 0 Å². The molecule has 0 aliphatic rings. The van der Waals surface area contributed by atoms with Crippen LogP contribution in [0.5, 0.6) is 0 Å². The minimum atomic E-state index is -0.140. The number of hydrogen-bond acceptors (Lipinski definition) is 4. The zero-order chi connectivity index (χ0) is 13.9. The van der Waals surface area contributed by atoms with Gasteiger partial charge >= 0.3 is 0 Å². The maximum atomic E-state index is 12.0. The average Bonchev–Trinajstić information content (AvgIpc) is 3.09. The molecule has 0 saturated carbocycles. The smallest absolute Gasteiger partial charge is 0.257 e. The molecule has 0 atom stereocenters. The van der Waals surface area contributed by atoms with Crippen molar-refractivity contribution in [2.75, 3.05) is 5.32 Å². The van der Waals surface area contributed by atoms with E-state index in [9.17, 15) is 4.79 Å². The molecule has 2 heterocycles. The number of aromatic nitrogens is 1. The zero-order valence-electron chi connectivity index (χ0n) is 10.2. The van der Waals surface area contributed by atoms with E-state index in [1.165, 1.54) is 11.3 Å². The first kappa shape index (κ1) is 13.5. The summed E-state index contributed by atoms with van der Waals surface area (Å²) in [6.45, 7) is 0. The Morgan fingerprint density at radius 1 is 1.15 bits per heavy atom. The number of nitrogens with zero attached hydrogens (tertiary/aromatic N) is 1. The Kier molecular flexibility index (Phi) is 3.95. The van der Waals surface area contributed by atoms with Crippen LogP contribution in [0.4, 0.5) is 5.13 Å². The van der Waals surface area contributed by atoms with Crippen LogP contribution in [0.25, 0.3) is 10.6 Å². The van der Waals surface area contributed by atoms with Gasteiger partial charge in [0, 0.05) is 10.9 Å². The van der Waals surface area contributed by atoms with Crippen molar-refractivity contribution in [3.8, 4) is 10.6 Å². The number of thiazole rings is 1. The molecule has 3 nitrogen and oxygen atoms in total. The number of rotatable bonds is 3. The van der Waals surface area contributed by atoms with Crippen LogP contribution in [-0.2, 0) is 0 Å². The normalized spacial score (nSPS) is 10.4. The molecule has 0 bridgehead atoms. The van der Waals surface area contributed by atoms with E-state index in [1.807, 2.05) is 35.7 Å². The van der Waals surface area contributed by atoms with Gasteiger partial charge in [-0.1, -0.05) is 18.2 Å². The minimum Gasteiger partial charge on any atom is -0.298 e. The van der Waals surface area contributed by atoms with E-state index < -0.39 is 0 Å². The van der Waals surface area contributed by atoms with E-state index >= 15 is 0 Å². The molecule has 0 aliphatic carbocycles. The summed E-state index contributed by atoms with van der Waals surface area (Å²) in [5.74, 6) is -0.140. The van der Waals surface area contributed by atoms with E-state index in [-0.39, 0.29) is 5.91 Å². The molecule has 3 rings (SSSR count).